The van der Waals surface area contributed by atoms with Crippen LogP contribution in [0.15, 0.2) is 46.8 Å². The molecular formula is C18H20N4O8. The number of nitro benzene ring substituents is 1. The van der Waals surface area contributed by atoms with E-state index in [4.69, 9.17) is 4.74 Å². The third kappa shape index (κ3) is 4.90. The van der Waals surface area contributed by atoms with E-state index in [1.54, 1.807) is 19.9 Å². The molecule has 1 aliphatic heterocycles. The van der Waals surface area contributed by atoms with Crippen LogP contribution in [0.25, 0.3) is 0 Å². The Bertz CT molecular complexity index is 953. The van der Waals surface area contributed by atoms with Crippen LogP contribution in [0.1, 0.15) is 25.3 Å². The zero-order valence-corrected chi connectivity index (χ0v) is 16.5. The van der Waals surface area contributed by atoms with E-state index in [0.717, 1.165) is 0 Å². The van der Waals surface area contributed by atoms with Crippen LogP contribution in [0.5, 0.6) is 0 Å². The van der Waals surface area contributed by atoms with Gasteiger partial charge in [0.25, 0.3) is 10.8 Å². The van der Waals surface area contributed by atoms with E-state index in [0.29, 0.717) is 17.0 Å². The first-order valence-corrected chi connectivity index (χ1v) is 8.76. The molecule has 12 nitrogen and oxygen atoms in total. The quantitative estimate of drug-likeness (QED) is 0.273. The number of likely N-dealkylation sites (N-methyl/N-ethyl adjacent to an activating group) is 1. The molecule has 1 heterocycles. The molecule has 2 N–H and O–H groups in total. The number of nitrogens with zero attached hydrogens (tertiary/aromatic N) is 2. The van der Waals surface area contributed by atoms with Gasteiger partial charge in [0.1, 0.15) is 13.2 Å². The van der Waals surface area contributed by atoms with Crippen molar-refractivity contribution in [2.45, 2.75) is 19.8 Å². The lowest BCUT2D eigenvalue weighted by Gasteiger charge is -2.30. The molecule has 0 aliphatic carbocycles. The van der Waals surface area contributed by atoms with Crippen molar-refractivity contribution in [1.29, 1.82) is 0 Å². The number of nitro groups is 1. The first-order valence-electron chi connectivity index (χ1n) is 8.76. The lowest BCUT2D eigenvalue weighted by atomic mass is 9.80. The molecule has 0 bridgehead atoms. The highest BCUT2D eigenvalue weighted by molar-refractivity contribution is 6.02. The van der Waals surface area contributed by atoms with Crippen LogP contribution in [0, 0.1) is 20.2 Å². The third-order valence-electron chi connectivity index (χ3n) is 4.38. The maximum Gasteiger partial charge on any atom is 0.336 e. The number of ether oxygens (including phenoxy) is 1. The summed E-state index contributed by atoms with van der Waals surface area (Å²) >= 11 is 0. The number of non-ortho nitro benzene ring substituents is 1. The van der Waals surface area contributed by atoms with Crippen LogP contribution in [-0.4, -0.2) is 42.1 Å². The van der Waals surface area contributed by atoms with E-state index in [9.17, 15) is 29.8 Å². The number of amides is 1. The normalized spacial score (nSPS) is 15.9. The van der Waals surface area contributed by atoms with Gasteiger partial charge in [-0.25, -0.2) is 4.79 Å². The van der Waals surface area contributed by atoms with Crippen molar-refractivity contribution >= 4 is 17.6 Å². The van der Waals surface area contributed by atoms with Gasteiger partial charge in [0.15, 0.2) is 0 Å². The van der Waals surface area contributed by atoms with E-state index < -0.39 is 41.0 Å². The number of benzene rings is 1. The average molecular weight is 420 g/mol. The number of hydrogen-bond acceptors (Lipinski definition) is 9. The van der Waals surface area contributed by atoms with E-state index in [2.05, 4.69) is 15.5 Å². The van der Waals surface area contributed by atoms with Gasteiger partial charge in [-0.1, -0.05) is 12.1 Å². The highest BCUT2D eigenvalue weighted by Crippen LogP contribution is 2.39. The van der Waals surface area contributed by atoms with Crippen LogP contribution >= 0.6 is 0 Å². The van der Waals surface area contributed by atoms with Crippen LogP contribution < -0.4 is 10.6 Å². The van der Waals surface area contributed by atoms with E-state index in [-0.39, 0.29) is 16.8 Å². The fourth-order valence-electron chi connectivity index (χ4n) is 3.18. The van der Waals surface area contributed by atoms with Gasteiger partial charge < -0.3 is 20.2 Å². The molecule has 1 unspecified atom stereocenters. The maximum atomic E-state index is 12.8. The predicted molar refractivity (Wildman–Crippen MR) is 102 cm³/mol. The van der Waals surface area contributed by atoms with Crippen LogP contribution in [0.3, 0.4) is 0 Å². The van der Waals surface area contributed by atoms with Crippen molar-refractivity contribution in [2.75, 3.05) is 20.3 Å². The summed E-state index contributed by atoms with van der Waals surface area (Å²) in [5.74, 6) is -2.27. The summed E-state index contributed by atoms with van der Waals surface area (Å²) in [4.78, 5) is 50.3. The predicted octanol–water partition coefficient (Wildman–Crippen LogP) is 1.33. The molecule has 0 radical (unpaired) electrons. The van der Waals surface area contributed by atoms with Gasteiger partial charge >= 0.3 is 5.97 Å². The van der Waals surface area contributed by atoms with Crippen molar-refractivity contribution in [2.24, 2.45) is 0 Å². The van der Waals surface area contributed by atoms with Gasteiger partial charge in [-0.3, -0.25) is 14.9 Å². The van der Waals surface area contributed by atoms with Crippen molar-refractivity contribution in [3.63, 3.8) is 0 Å². The Hall–Kier alpha value is -3.96. The molecule has 2 rings (SSSR count). The standard InChI is InChI=1S/C18H20N4O8/c1-10-14(17(23)19-3)16(12-5-4-6-13(9-12)21(25)26)15(11(2)20-10)18(24)29-7-8-30-22(27)28/h4-6,9,16,20H,7-8H2,1-3H3,(H,19,23). The topological polar surface area (TPSA) is 163 Å². The molecule has 12 heteroatoms. The van der Waals surface area contributed by atoms with Gasteiger partial charge in [0, 0.05) is 36.1 Å². The average Bonchev–Trinajstić information content (AvgIpc) is 2.69. The molecule has 0 aromatic heterocycles. The number of esters is 1. The van der Waals surface area contributed by atoms with Crippen molar-refractivity contribution in [3.05, 3.63) is 72.6 Å². The van der Waals surface area contributed by atoms with Crippen LogP contribution in [-0.2, 0) is 19.2 Å². The second-order valence-corrected chi connectivity index (χ2v) is 6.26. The minimum absolute atomic E-state index is 0.0563. The fraction of sp³-hybridized carbons (Fsp3) is 0.333. The number of dihydropyridines is 1. The van der Waals surface area contributed by atoms with Gasteiger partial charge in [-0.15, -0.1) is 10.1 Å². The van der Waals surface area contributed by atoms with E-state index >= 15 is 0 Å². The first kappa shape index (κ1) is 22.3. The SMILES string of the molecule is CNC(=O)C1=C(C)NC(C)=C(C(=O)OCCO[N+](=O)[O-])C1c1cccc([N+](=O)[O-])c1. The number of nitrogens with one attached hydrogen (secondary N) is 2. The Balaban J connectivity index is 2.49. The molecule has 1 atom stereocenters. The Morgan fingerprint density at radius 3 is 2.40 bits per heavy atom. The zero-order chi connectivity index (χ0) is 22.4. The molecule has 1 amide bonds. The number of carbonyl (C=O) groups excluding carboxylic acids is 2. The second-order valence-electron chi connectivity index (χ2n) is 6.26. The number of hydrogen-bond donors (Lipinski definition) is 2. The number of carbonyl (C=O) groups is 2. The minimum Gasteiger partial charge on any atom is -0.460 e. The second kappa shape index (κ2) is 9.49. The molecule has 1 aromatic carbocycles. The summed E-state index contributed by atoms with van der Waals surface area (Å²) in [5.41, 5.74) is 1.24. The summed E-state index contributed by atoms with van der Waals surface area (Å²) < 4.78 is 5.07. The molecule has 0 saturated heterocycles. The number of rotatable bonds is 8. The molecule has 1 aromatic rings. The molecule has 1 aliphatic rings. The van der Waals surface area contributed by atoms with E-state index in [1.807, 2.05) is 0 Å². The van der Waals surface area contributed by atoms with Crippen LogP contribution in [0.4, 0.5) is 5.69 Å². The molecule has 30 heavy (non-hydrogen) atoms. The Labute approximate surface area is 170 Å². The smallest absolute Gasteiger partial charge is 0.336 e. The van der Waals surface area contributed by atoms with Gasteiger partial charge in [-0.05, 0) is 19.4 Å². The highest BCUT2D eigenvalue weighted by atomic mass is 17.0. The molecular weight excluding hydrogens is 400 g/mol. The van der Waals surface area contributed by atoms with Crippen molar-refractivity contribution < 1.29 is 29.2 Å². The third-order valence-corrected chi connectivity index (χ3v) is 4.38. The van der Waals surface area contributed by atoms with E-state index in [1.165, 1.54) is 25.2 Å². The minimum atomic E-state index is -1.01. The maximum absolute atomic E-state index is 12.8. The molecule has 0 spiro atoms. The monoisotopic (exact) mass is 420 g/mol. The lowest BCUT2D eigenvalue weighted by Crippen LogP contribution is -2.35. The summed E-state index contributed by atoms with van der Waals surface area (Å²) in [5, 5.41) is 25.9. The zero-order valence-electron chi connectivity index (χ0n) is 16.5. The van der Waals surface area contributed by atoms with Gasteiger partial charge in [0.05, 0.1) is 16.4 Å². The van der Waals surface area contributed by atoms with Gasteiger partial charge in [0.2, 0.25) is 5.91 Å². The Morgan fingerprint density at radius 1 is 1.13 bits per heavy atom. The largest absolute Gasteiger partial charge is 0.460 e. The lowest BCUT2D eigenvalue weighted by molar-refractivity contribution is -0.757. The highest BCUT2D eigenvalue weighted by Gasteiger charge is 2.37. The van der Waals surface area contributed by atoms with Crippen LogP contribution in [0.2, 0.25) is 0 Å². The first-order chi connectivity index (χ1) is 14.2. The van der Waals surface area contributed by atoms with Crippen molar-refractivity contribution in [1.82, 2.24) is 10.6 Å². The molecule has 0 fully saturated rings. The Kier molecular flexibility index (Phi) is 7.07. The van der Waals surface area contributed by atoms with Crippen molar-refractivity contribution in [3.8, 4) is 0 Å². The molecule has 160 valence electrons. The summed E-state index contributed by atoms with van der Waals surface area (Å²) in [6, 6.07) is 5.60. The fourth-order valence-corrected chi connectivity index (χ4v) is 3.18. The summed E-state index contributed by atoms with van der Waals surface area (Å²) in [6.07, 6.45) is 0. The summed E-state index contributed by atoms with van der Waals surface area (Å²) in [7, 11) is 1.42. The number of allylic oxidation sites excluding steroid dienone is 2. The Morgan fingerprint density at radius 2 is 1.80 bits per heavy atom. The van der Waals surface area contributed by atoms with Gasteiger partial charge in [-0.2, -0.15) is 0 Å². The molecule has 0 saturated carbocycles. The summed E-state index contributed by atoms with van der Waals surface area (Å²) in [6.45, 7) is 2.39.